The largest absolute Gasteiger partial charge is 0.371 e. The molecule has 84 valence electrons. The van der Waals surface area contributed by atoms with E-state index in [1.807, 2.05) is 0 Å². The zero-order chi connectivity index (χ0) is 11.5. The summed E-state index contributed by atoms with van der Waals surface area (Å²) in [5.74, 6) is -1.42. The predicted octanol–water partition coefficient (Wildman–Crippen LogP) is 2.40. The minimum Gasteiger partial charge on any atom is -0.371 e. The molecular weight excluding hydrogens is 254 g/mol. The molecule has 0 fully saturated rings. The minimum absolute atomic E-state index is 0.00779. The van der Waals surface area contributed by atoms with E-state index in [0.29, 0.717) is 4.34 Å². The summed E-state index contributed by atoms with van der Waals surface area (Å²) in [7, 11) is 1.52. The van der Waals surface area contributed by atoms with E-state index in [2.05, 4.69) is 19.7 Å². The molecule has 2 heterocycles. The maximum absolute atomic E-state index is 13.4. The third-order valence-electron chi connectivity index (χ3n) is 1.66. The van der Waals surface area contributed by atoms with Crippen LogP contribution >= 0.6 is 23.3 Å². The lowest BCUT2D eigenvalue weighted by Gasteiger charge is -2.04. The van der Waals surface area contributed by atoms with E-state index < -0.39 is 11.6 Å². The Morgan fingerprint density at radius 2 is 2.19 bits per heavy atom. The molecule has 0 saturated heterocycles. The van der Waals surface area contributed by atoms with Gasteiger partial charge < -0.3 is 5.32 Å². The molecule has 16 heavy (non-hydrogen) atoms. The van der Waals surface area contributed by atoms with E-state index in [1.165, 1.54) is 13.4 Å². The molecule has 2 aromatic rings. The number of hydrogen-bond acceptors (Lipinski definition) is 6. The van der Waals surface area contributed by atoms with E-state index in [9.17, 15) is 8.78 Å². The molecule has 1 N–H and O–H groups in total. The molecule has 0 radical (unpaired) electrons. The van der Waals surface area contributed by atoms with Crippen molar-refractivity contribution in [2.24, 2.45) is 0 Å². The van der Waals surface area contributed by atoms with E-state index in [1.54, 1.807) is 0 Å². The minimum atomic E-state index is -0.721. The monoisotopic (exact) mass is 260 g/mol. The van der Waals surface area contributed by atoms with Gasteiger partial charge in [-0.05, 0) is 23.3 Å². The van der Waals surface area contributed by atoms with E-state index in [-0.39, 0.29) is 10.8 Å². The number of aromatic nitrogens is 3. The number of pyridine rings is 1. The third kappa shape index (κ3) is 2.27. The highest BCUT2D eigenvalue weighted by atomic mass is 32.2. The summed E-state index contributed by atoms with van der Waals surface area (Å²) in [5.41, 5.74) is 0. The number of nitrogens with one attached hydrogen (secondary N) is 1. The van der Waals surface area contributed by atoms with Gasteiger partial charge in [0.1, 0.15) is 11.4 Å². The second-order valence-electron chi connectivity index (χ2n) is 2.67. The van der Waals surface area contributed by atoms with Gasteiger partial charge in [0.25, 0.3) is 0 Å². The SMILES string of the molecule is CNc1nc(Sc2ncns2)c(F)cc1F. The molecule has 0 bridgehead atoms. The molecule has 0 atom stereocenters. The first-order valence-corrected chi connectivity index (χ1v) is 5.78. The van der Waals surface area contributed by atoms with Gasteiger partial charge in [0, 0.05) is 13.1 Å². The molecule has 0 amide bonds. The molecule has 0 spiro atoms. The van der Waals surface area contributed by atoms with Crippen molar-refractivity contribution >= 4 is 29.1 Å². The second kappa shape index (κ2) is 4.71. The van der Waals surface area contributed by atoms with Crippen LogP contribution in [-0.4, -0.2) is 21.4 Å². The van der Waals surface area contributed by atoms with Crippen molar-refractivity contribution in [1.29, 1.82) is 0 Å². The maximum atomic E-state index is 13.4. The molecule has 2 rings (SSSR count). The molecule has 8 heteroatoms. The van der Waals surface area contributed by atoms with Crippen molar-refractivity contribution in [2.75, 3.05) is 12.4 Å². The van der Waals surface area contributed by atoms with Gasteiger partial charge in [0.15, 0.2) is 21.8 Å². The summed E-state index contributed by atoms with van der Waals surface area (Å²) in [6, 6.07) is 0.794. The summed E-state index contributed by atoms with van der Waals surface area (Å²) in [6.07, 6.45) is 1.37. The number of hydrogen-bond donors (Lipinski definition) is 1. The standard InChI is InChI=1S/C8H6F2N4S2/c1-11-6-4(9)2-5(10)7(14-6)15-8-12-3-13-16-8/h2-3H,1H3,(H,11,14). The Morgan fingerprint density at radius 1 is 1.38 bits per heavy atom. The van der Waals surface area contributed by atoms with Crippen LogP contribution in [-0.2, 0) is 0 Å². The second-order valence-corrected chi connectivity index (χ2v) is 4.68. The Hall–Kier alpha value is -1.28. The average molecular weight is 260 g/mol. The third-order valence-corrected chi connectivity index (χ3v) is 3.35. The lowest BCUT2D eigenvalue weighted by molar-refractivity contribution is 0.551. The van der Waals surface area contributed by atoms with Gasteiger partial charge in [0.05, 0.1) is 0 Å². The Kier molecular flexibility index (Phi) is 3.30. The molecule has 2 aromatic heterocycles. The van der Waals surface area contributed by atoms with E-state index in [0.717, 1.165) is 29.4 Å². The van der Waals surface area contributed by atoms with Crippen LogP contribution in [0.15, 0.2) is 21.8 Å². The highest BCUT2D eigenvalue weighted by Gasteiger charge is 2.13. The van der Waals surface area contributed by atoms with Crippen LogP contribution in [0.4, 0.5) is 14.6 Å². The highest BCUT2D eigenvalue weighted by Crippen LogP contribution is 2.30. The molecule has 0 saturated carbocycles. The zero-order valence-corrected chi connectivity index (χ0v) is 9.70. The van der Waals surface area contributed by atoms with Gasteiger partial charge in [-0.25, -0.2) is 18.7 Å². The van der Waals surface area contributed by atoms with Crippen molar-refractivity contribution in [3.05, 3.63) is 24.0 Å². The Bertz CT molecular complexity index is 489. The van der Waals surface area contributed by atoms with Gasteiger partial charge >= 0.3 is 0 Å². The van der Waals surface area contributed by atoms with Crippen LogP contribution in [0, 0.1) is 11.6 Å². The first-order valence-electron chi connectivity index (χ1n) is 4.19. The lowest BCUT2D eigenvalue weighted by atomic mass is 10.4. The van der Waals surface area contributed by atoms with Crippen LogP contribution in [0.2, 0.25) is 0 Å². The fourth-order valence-electron chi connectivity index (χ4n) is 0.987. The Balaban J connectivity index is 2.33. The van der Waals surface area contributed by atoms with E-state index in [4.69, 9.17) is 0 Å². The van der Waals surface area contributed by atoms with Crippen molar-refractivity contribution in [2.45, 2.75) is 9.37 Å². The number of rotatable bonds is 3. The van der Waals surface area contributed by atoms with Crippen LogP contribution in [0.3, 0.4) is 0 Å². The highest BCUT2D eigenvalue weighted by molar-refractivity contribution is 8.00. The topological polar surface area (TPSA) is 50.7 Å². The van der Waals surface area contributed by atoms with Crippen molar-refractivity contribution < 1.29 is 8.78 Å². The van der Waals surface area contributed by atoms with Crippen molar-refractivity contribution in [1.82, 2.24) is 14.3 Å². The van der Waals surface area contributed by atoms with Crippen molar-refractivity contribution in [3.63, 3.8) is 0 Å². The van der Waals surface area contributed by atoms with Gasteiger partial charge in [-0.15, -0.1) is 0 Å². The smallest absolute Gasteiger partial charge is 0.176 e. The fourth-order valence-corrected chi connectivity index (χ4v) is 2.34. The summed E-state index contributed by atoms with van der Waals surface area (Å²) in [4.78, 5) is 7.69. The van der Waals surface area contributed by atoms with Crippen molar-refractivity contribution in [3.8, 4) is 0 Å². The first-order chi connectivity index (χ1) is 7.70. The molecule has 0 aromatic carbocycles. The molecular formula is C8H6F2N4S2. The first kappa shape index (κ1) is 11.2. The maximum Gasteiger partial charge on any atom is 0.176 e. The van der Waals surface area contributed by atoms with Gasteiger partial charge in [-0.2, -0.15) is 4.37 Å². The lowest BCUT2D eigenvalue weighted by Crippen LogP contribution is -1.99. The summed E-state index contributed by atoms with van der Waals surface area (Å²) in [5, 5.41) is 2.62. The predicted molar refractivity (Wildman–Crippen MR) is 57.7 cm³/mol. The van der Waals surface area contributed by atoms with Gasteiger partial charge in [-0.1, -0.05) is 0 Å². The fraction of sp³-hybridized carbons (Fsp3) is 0.125. The Morgan fingerprint density at radius 3 is 2.81 bits per heavy atom. The van der Waals surface area contributed by atoms with Crippen LogP contribution in [0.5, 0.6) is 0 Å². The molecule has 4 nitrogen and oxygen atoms in total. The molecule has 0 aliphatic rings. The van der Waals surface area contributed by atoms with Crippen LogP contribution in [0.1, 0.15) is 0 Å². The van der Waals surface area contributed by atoms with E-state index >= 15 is 0 Å². The van der Waals surface area contributed by atoms with Gasteiger partial charge in [-0.3, -0.25) is 0 Å². The number of nitrogens with zero attached hydrogens (tertiary/aromatic N) is 3. The summed E-state index contributed by atoms with van der Waals surface area (Å²) < 4.78 is 30.8. The van der Waals surface area contributed by atoms with Crippen LogP contribution < -0.4 is 5.32 Å². The molecule has 0 aliphatic heterocycles. The number of anilines is 1. The quantitative estimate of drug-likeness (QED) is 0.918. The molecule has 0 aliphatic carbocycles. The zero-order valence-electron chi connectivity index (χ0n) is 8.07. The molecule has 0 unspecified atom stereocenters. The van der Waals surface area contributed by atoms with Gasteiger partial charge in [0.2, 0.25) is 0 Å². The number of halogens is 2. The Labute approximate surface area is 98.3 Å². The summed E-state index contributed by atoms with van der Waals surface area (Å²) >= 11 is 2.14. The normalized spacial score (nSPS) is 10.4. The average Bonchev–Trinajstić information content (AvgIpc) is 2.75. The van der Waals surface area contributed by atoms with Crippen LogP contribution in [0.25, 0.3) is 0 Å². The summed E-state index contributed by atoms with van der Waals surface area (Å²) in [6.45, 7) is 0.